The maximum Gasteiger partial charge on any atom is 0.137 e. The lowest BCUT2D eigenvalue weighted by Crippen LogP contribution is -2.10. The topological polar surface area (TPSA) is 45.9 Å². The second kappa shape index (κ2) is 19.5. The van der Waals surface area contributed by atoms with Crippen LogP contribution in [-0.4, -0.2) is 0 Å². The van der Waals surface area contributed by atoms with E-state index in [1.54, 1.807) is 0 Å². The smallest absolute Gasteiger partial charge is 0.137 e. The summed E-state index contributed by atoms with van der Waals surface area (Å²) >= 11 is 3.70. The first kappa shape index (κ1) is 50.5. The van der Waals surface area contributed by atoms with E-state index in [0.29, 0.717) is 0 Å². The molecule has 5 aromatic heterocycles. The largest absolute Gasteiger partial charge is 0.456 e. The average Bonchev–Trinajstić information content (AvgIpc) is 1.61. The number of nitrogens with zero attached hydrogens (tertiary/aromatic N) is 2. The summed E-state index contributed by atoms with van der Waals surface area (Å²) in [5, 5.41) is 19.1. The molecule has 20 rings (SSSR count). The van der Waals surface area contributed by atoms with Crippen molar-refractivity contribution in [1.29, 1.82) is 0 Å². The minimum atomic E-state index is 0.824. The van der Waals surface area contributed by atoms with Gasteiger partial charge in [0.1, 0.15) is 33.5 Å². The fourth-order valence-electron chi connectivity index (χ4n) is 14.7. The third-order valence-electron chi connectivity index (χ3n) is 18.8. The van der Waals surface area contributed by atoms with Gasteiger partial charge in [0.15, 0.2) is 0 Å². The molecule has 424 valence electrons. The zero-order valence-corrected chi connectivity index (χ0v) is 50.3. The van der Waals surface area contributed by atoms with Crippen molar-refractivity contribution < 1.29 is 13.3 Å². The van der Waals surface area contributed by atoms with E-state index in [2.05, 4.69) is 301 Å². The van der Waals surface area contributed by atoms with Crippen molar-refractivity contribution in [3.63, 3.8) is 0 Å². The molecule has 0 amide bonds. The van der Waals surface area contributed by atoms with Crippen molar-refractivity contribution in [3.8, 4) is 22.3 Å². The zero-order valence-electron chi connectivity index (χ0n) is 48.6. The molecule has 0 spiro atoms. The van der Waals surface area contributed by atoms with Crippen LogP contribution in [0.4, 0.5) is 34.1 Å². The first-order chi connectivity index (χ1) is 45.1. The molecule has 0 N–H and O–H groups in total. The van der Waals surface area contributed by atoms with E-state index in [1.165, 1.54) is 94.7 Å². The molecular weight excluding hydrogens is 1150 g/mol. The van der Waals surface area contributed by atoms with Crippen molar-refractivity contribution in [2.75, 3.05) is 9.80 Å². The molecule has 15 aromatic carbocycles. The Morgan fingerprint density at radius 1 is 0.231 bits per heavy atom. The molecule has 0 unspecified atom stereocenters. The molecule has 7 heteroatoms. The van der Waals surface area contributed by atoms with Crippen LogP contribution in [0.1, 0.15) is 0 Å². The fourth-order valence-corrected chi connectivity index (χ4v) is 17.2. The Morgan fingerprint density at radius 2 is 0.703 bits per heavy atom. The summed E-state index contributed by atoms with van der Waals surface area (Å²) in [7, 11) is 0. The van der Waals surface area contributed by atoms with Gasteiger partial charge in [-0.05, 0) is 164 Å². The van der Waals surface area contributed by atoms with Gasteiger partial charge in [-0.25, -0.2) is 0 Å². The molecule has 0 saturated carbocycles. The normalized spacial score (nSPS) is 12.2. The minimum absolute atomic E-state index is 0.824. The molecule has 0 aliphatic carbocycles. The Bertz CT molecular complexity index is 6400. The van der Waals surface area contributed by atoms with Crippen LogP contribution in [0.2, 0.25) is 0 Å². The van der Waals surface area contributed by atoms with Crippen molar-refractivity contribution in [3.05, 3.63) is 291 Å². The van der Waals surface area contributed by atoms with E-state index in [0.717, 1.165) is 100 Å². The molecule has 0 aliphatic heterocycles. The second-order valence-electron chi connectivity index (χ2n) is 23.8. The van der Waals surface area contributed by atoms with Crippen LogP contribution in [0.15, 0.2) is 304 Å². The molecule has 20 aromatic rings. The van der Waals surface area contributed by atoms with Crippen molar-refractivity contribution in [1.82, 2.24) is 0 Å². The maximum absolute atomic E-state index is 6.88. The van der Waals surface area contributed by atoms with Gasteiger partial charge in [-0.2, -0.15) is 0 Å². The van der Waals surface area contributed by atoms with Crippen LogP contribution < -0.4 is 9.80 Å². The monoisotopic (exact) mass is 1200 g/mol. The van der Waals surface area contributed by atoms with Crippen molar-refractivity contribution in [2.24, 2.45) is 0 Å². The quantitative estimate of drug-likeness (QED) is 0.152. The number of rotatable bonds is 8. The fraction of sp³-hybridized carbons (Fsp3) is 0. The summed E-state index contributed by atoms with van der Waals surface area (Å²) in [4.78, 5) is 4.65. The van der Waals surface area contributed by atoms with Crippen LogP contribution in [0.25, 0.3) is 161 Å². The molecule has 91 heavy (non-hydrogen) atoms. The predicted octanol–water partition coefficient (Wildman–Crippen LogP) is 25.9. The van der Waals surface area contributed by atoms with Gasteiger partial charge in [0.25, 0.3) is 0 Å². The Hall–Kier alpha value is -11.5. The summed E-state index contributed by atoms with van der Waals surface area (Å²) in [6, 6.07) is 105. The first-order valence-electron chi connectivity index (χ1n) is 30.8. The highest BCUT2D eigenvalue weighted by Crippen LogP contribution is 2.50. The van der Waals surface area contributed by atoms with E-state index < -0.39 is 0 Å². The van der Waals surface area contributed by atoms with E-state index >= 15 is 0 Å². The molecule has 5 heterocycles. The van der Waals surface area contributed by atoms with E-state index in [9.17, 15) is 0 Å². The highest BCUT2D eigenvalue weighted by molar-refractivity contribution is 7.27. The van der Waals surface area contributed by atoms with Gasteiger partial charge in [0.2, 0.25) is 0 Å². The van der Waals surface area contributed by atoms with Crippen molar-refractivity contribution >= 4 is 195 Å². The van der Waals surface area contributed by atoms with Gasteiger partial charge in [-0.15, -0.1) is 22.7 Å². The number of thiophene rings is 2. The van der Waals surface area contributed by atoms with Crippen molar-refractivity contribution in [2.45, 2.75) is 0 Å². The molecule has 0 aliphatic rings. The molecule has 5 nitrogen and oxygen atoms in total. The summed E-state index contributed by atoms with van der Waals surface area (Å²) in [5.74, 6) is 0. The molecule has 0 radical (unpaired) electrons. The lowest BCUT2D eigenvalue weighted by atomic mass is 9.94. The SMILES string of the molecule is c1ccc(-c2ccc(N(c3ccc4c(c3)oc3ccc5c(sc6ccc7c(-c8ccc9oc%10cc(N(c%11ccccc%11)c%11ccc%12c(c%11)oc%11ccc%13c(sc%14ccc%15ccccc%15c%14%13)c%11%12)ccc%10c9c8)cccc7c65)c34)c3cccc4ccccc34)cc2)cc1. The van der Waals surface area contributed by atoms with Gasteiger partial charge in [-0.3, -0.25) is 0 Å². The van der Waals surface area contributed by atoms with E-state index in [-0.39, 0.29) is 0 Å². The summed E-state index contributed by atoms with van der Waals surface area (Å²) in [6.07, 6.45) is 0. The number of fused-ring (bicyclic) bond motifs is 22. The highest BCUT2D eigenvalue weighted by atomic mass is 32.1. The number of benzene rings is 15. The van der Waals surface area contributed by atoms with Crippen LogP contribution >= 0.6 is 22.7 Å². The number of furan rings is 3. The van der Waals surface area contributed by atoms with Gasteiger partial charge in [0.05, 0.1) is 5.69 Å². The Kier molecular flexibility index (Phi) is 10.8. The van der Waals surface area contributed by atoms with Gasteiger partial charge in [0, 0.05) is 125 Å². The molecular formula is C84H48N2O3S2. The third-order valence-corrected chi connectivity index (χ3v) is 21.2. The lowest BCUT2D eigenvalue weighted by Gasteiger charge is -2.27. The predicted molar refractivity (Wildman–Crippen MR) is 387 cm³/mol. The van der Waals surface area contributed by atoms with Crippen LogP contribution in [-0.2, 0) is 0 Å². The maximum atomic E-state index is 6.88. The summed E-state index contributed by atoms with van der Waals surface area (Å²) in [6.45, 7) is 0. The molecule has 0 atom stereocenters. The van der Waals surface area contributed by atoms with Gasteiger partial charge < -0.3 is 23.1 Å². The Labute approximate surface area is 528 Å². The number of anilines is 6. The number of hydrogen-bond acceptors (Lipinski definition) is 7. The zero-order chi connectivity index (χ0) is 59.4. The summed E-state index contributed by atoms with van der Waals surface area (Å²) in [5.41, 5.74) is 16.1. The van der Waals surface area contributed by atoms with Gasteiger partial charge >= 0.3 is 0 Å². The van der Waals surface area contributed by atoms with Crippen LogP contribution in [0, 0.1) is 0 Å². The first-order valence-corrected chi connectivity index (χ1v) is 32.4. The summed E-state index contributed by atoms with van der Waals surface area (Å²) < 4.78 is 25.5. The van der Waals surface area contributed by atoms with E-state index in [1.807, 2.05) is 22.7 Å². The molecule has 0 saturated heterocycles. The number of para-hydroxylation sites is 1. The number of hydrogen-bond donors (Lipinski definition) is 0. The lowest BCUT2D eigenvalue weighted by molar-refractivity contribution is 0.668. The minimum Gasteiger partial charge on any atom is -0.456 e. The Morgan fingerprint density at radius 3 is 1.41 bits per heavy atom. The Balaban J connectivity index is 0.662. The third kappa shape index (κ3) is 7.69. The molecule has 0 bridgehead atoms. The molecule has 0 fully saturated rings. The average molecular weight is 1200 g/mol. The standard InChI is InChI=1S/C84H48N2O3S2/c1-3-13-49(14-4-1)50-25-29-55(30-26-50)86(70-24-11-17-51-15-7-9-20-60(51)70)58-33-36-66-76(48-58)89-73-42-38-68-80-64-23-12-22-59(62(64)39-44-78(80)91-84(68)82(66)73)53-27-40-71-69(45-53)63-34-31-56(46-74(63)87-71)85(54-18-5-2-6-19-54)57-32-35-65-75(47-57)88-72-41-37-67-79-61-21-10-8-16-52(61)28-43-77(79)90-83(67)81(65)72/h1-48H. The van der Waals surface area contributed by atoms with Crippen LogP contribution in [0.3, 0.4) is 0 Å². The van der Waals surface area contributed by atoms with Gasteiger partial charge in [-0.1, -0.05) is 158 Å². The van der Waals surface area contributed by atoms with E-state index in [4.69, 9.17) is 13.3 Å². The second-order valence-corrected chi connectivity index (χ2v) is 25.9. The van der Waals surface area contributed by atoms with Crippen LogP contribution in [0.5, 0.6) is 0 Å². The highest BCUT2D eigenvalue weighted by Gasteiger charge is 2.24.